The van der Waals surface area contributed by atoms with Crippen LogP contribution in [0.1, 0.15) is 0 Å². The van der Waals surface area contributed by atoms with Gasteiger partial charge in [-0.2, -0.15) is 9.03 Å². The fourth-order valence-electron chi connectivity index (χ4n) is 1.72. The Kier molecular flexibility index (Phi) is 3.65. The molecule has 4 rings (SSSR count). The Labute approximate surface area is 148 Å². The third-order valence-electron chi connectivity index (χ3n) is 2.70. The number of anilines is 2. The largest absolute Gasteiger partial charge is 0.308 e. The maximum atomic E-state index is 10.5. The van der Waals surface area contributed by atoms with Gasteiger partial charge < -0.3 is 0 Å². The van der Waals surface area contributed by atoms with E-state index in [4.69, 9.17) is 0 Å². The van der Waals surface area contributed by atoms with E-state index < -0.39 is 10.1 Å². The first-order chi connectivity index (χ1) is 13.5. The Hall–Kier alpha value is -5.18. The van der Waals surface area contributed by atoms with Crippen LogP contribution in [-0.4, -0.2) is 70.1 Å². The van der Waals surface area contributed by atoms with Crippen molar-refractivity contribution in [3.8, 4) is 0 Å². The number of rotatable bonds is 6. The molecule has 0 amide bonds. The molecule has 0 aliphatic carbocycles. The van der Waals surface area contributed by atoms with Crippen LogP contribution in [0.5, 0.6) is 0 Å². The molecule has 22 heteroatoms. The monoisotopic (exact) mass is 390 g/mol. The summed E-state index contributed by atoms with van der Waals surface area (Å²) < 4.78 is 1.73. The van der Waals surface area contributed by atoms with Crippen molar-refractivity contribution >= 4 is 35.3 Å². The summed E-state index contributed by atoms with van der Waals surface area (Å²) in [5, 5.41) is 62.4. The lowest BCUT2D eigenvalue weighted by Crippen LogP contribution is -2.12. The molecule has 0 atom stereocenters. The molecule has 0 saturated carbocycles. The summed E-state index contributed by atoms with van der Waals surface area (Å²) in [7, 11) is 0. The second kappa shape index (κ2) is 6.28. The van der Waals surface area contributed by atoms with Crippen molar-refractivity contribution in [3.63, 3.8) is 0 Å². The second-order valence-corrected chi connectivity index (χ2v) is 4.41. The maximum absolute atomic E-state index is 10.5. The SMILES string of the molecule is O=[N+]([O-])Nc1nnc2nnc(/N=N/c3nnc4nnc(N[N+](=O)[O-])n4n3)nn12. The van der Waals surface area contributed by atoms with Crippen molar-refractivity contribution in [3.05, 3.63) is 20.2 Å². The molecule has 28 heavy (non-hydrogen) atoms. The van der Waals surface area contributed by atoms with Gasteiger partial charge in [0.2, 0.25) is 0 Å². The normalized spacial score (nSPS) is 11.3. The molecule has 0 radical (unpaired) electrons. The van der Waals surface area contributed by atoms with Gasteiger partial charge in [0.15, 0.2) is 10.1 Å². The third kappa shape index (κ3) is 3.05. The Balaban J connectivity index is 1.64. The van der Waals surface area contributed by atoms with Gasteiger partial charge >= 0.3 is 23.8 Å². The number of aromatic nitrogens is 12. The summed E-state index contributed by atoms with van der Waals surface area (Å²) in [6, 6.07) is 0. The first-order valence-electron chi connectivity index (χ1n) is 6.66. The number of nitrogens with zero attached hydrogens (tertiary/aromatic N) is 16. The van der Waals surface area contributed by atoms with Crippen molar-refractivity contribution in [2.45, 2.75) is 0 Å². The number of nitro groups is 2. The molecule has 0 aliphatic heterocycles. The zero-order chi connectivity index (χ0) is 19.7. The van der Waals surface area contributed by atoms with Gasteiger partial charge in [-0.1, -0.05) is 10.9 Å². The summed E-state index contributed by atoms with van der Waals surface area (Å²) in [5.41, 5.74) is 3.53. The highest BCUT2D eigenvalue weighted by Crippen LogP contribution is 2.11. The average Bonchev–Trinajstić information content (AvgIpc) is 3.23. The van der Waals surface area contributed by atoms with Gasteiger partial charge in [0.1, 0.15) is 0 Å². The Bertz CT molecular complexity index is 1140. The van der Waals surface area contributed by atoms with E-state index in [1.54, 1.807) is 10.9 Å². The third-order valence-corrected chi connectivity index (χ3v) is 2.70. The average molecular weight is 390 g/mol. The molecule has 0 unspecified atom stereocenters. The molecule has 4 aromatic heterocycles. The predicted octanol–water partition coefficient (Wildman–Crippen LogP) is -2.24. The fourth-order valence-corrected chi connectivity index (χ4v) is 1.72. The van der Waals surface area contributed by atoms with Gasteiger partial charge in [-0.3, -0.25) is 0 Å². The molecule has 140 valence electrons. The van der Waals surface area contributed by atoms with Gasteiger partial charge in [-0.25, -0.2) is 20.2 Å². The summed E-state index contributed by atoms with van der Waals surface area (Å²) >= 11 is 0. The molecule has 0 aromatic carbocycles. The number of hydrazine groups is 2. The van der Waals surface area contributed by atoms with Crippen LogP contribution in [-0.2, 0) is 0 Å². The summed E-state index contributed by atoms with van der Waals surface area (Å²) in [4.78, 5) is 21.0. The van der Waals surface area contributed by atoms with E-state index in [1.807, 2.05) is 0 Å². The highest BCUT2D eigenvalue weighted by atomic mass is 16.7. The minimum Gasteiger partial charge on any atom is -0.234 e. The molecule has 0 spiro atoms. The quantitative estimate of drug-likeness (QED) is 0.200. The smallest absolute Gasteiger partial charge is 0.234 e. The number of fused-ring (bicyclic) bond motifs is 2. The van der Waals surface area contributed by atoms with E-state index in [0.717, 1.165) is 9.03 Å². The van der Waals surface area contributed by atoms with Crippen LogP contribution in [0.15, 0.2) is 10.2 Å². The Morgan fingerprint density at radius 1 is 0.679 bits per heavy atom. The molecular formula is C6H2N18O4. The molecule has 0 fully saturated rings. The van der Waals surface area contributed by atoms with Crippen LogP contribution < -0.4 is 10.9 Å². The van der Waals surface area contributed by atoms with Crippen molar-refractivity contribution in [2.75, 3.05) is 10.9 Å². The molecule has 22 nitrogen and oxygen atoms in total. The highest BCUT2D eigenvalue weighted by Gasteiger charge is 2.15. The van der Waals surface area contributed by atoms with E-state index in [2.05, 4.69) is 61.2 Å². The van der Waals surface area contributed by atoms with Crippen LogP contribution >= 0.6 is 0 Å². The van der Waals surface area contributed by atoms with Gasteiger partial charge in [0.25, 0.3) is 11.6 Å². The zero-order valence-corrected chi connectivity index (χ0v) is 12.8. The van der Waals surface area contributed by atoms with Gasteiger partial charge in [0, 0.05) is 0 Å². The Morgan fingerprint density at radius 3 is 1.46 bits per heavy atom. The molecule has 4 aromatic rings. The van der Waals surface area contributed by atoms with Crippen LogP contribution in [0.2, 0.25) is 0 Å². The van der Waals surface area contributed by atoms with E-state index in [-0.39, 0.29) is 35.3 Å². The van der Waals surface area contributed by atoms with Crippen molar-refractivity contribution in [1.29, 1.82) is 0 Å². The van der Waals surface area contributed by atoms with Crippen molar-refractivity contribution in [2.24, 2.45) is 10.2 Å². The van der Waals surface area contributed by atoms with E-state index in [0.29, 0.717) is 0 Å². The van der Waals surface area contributed by atoms with Gasteiger partial charge in [-0.05, 0) is 0 Å². The minimum atomic E-state index is -0.871. The maximum Gasteiger partial charge on any atom is 0.308 e. The van der Waals surface area contributed by atoms with Crippen LogP contribution in [0.25, 0.3) is 11.6 Å². The second-order valence-electron chi connectivity index (χ2n) is 4.41. The first-order valence-corrected chi connectivity index (χ1v) is 6.66. The highest BCUT2D eigenvalue weighted by molar-refractivity contribution is 5.36. The standard InChI is InChI=1S/C6H2N18O4/c25-23(26)19-5-15-13-3-11-9-1(17-21(3)5)7-8-2-10-12-4-14-16-6(20-24(27)28)22(4)18-2/h(H,15,19)(H,16,20)/b8-7+. The number of hydrogen-bond donors (Lipinski definition) is 2. The molecule has 0 saturated heterocycles. The first kappa shape index (κ1) is 16.3. The lowest BCUT2D eigenvalue weighted by molar-refractivity contribution is -0.446. The van der Waals surface area contributed by atoms with E-state index in [9.17, 15) is 20.2 Å². The van der Waals surface area contributed by atoms with E-state index >= 15 is 0 Å². The minimum absolute atomic E-state index is 0.136. The Morgan fingerprint density at radius 2 is 1.07 bits per heavy atom. The molecule has 4 heterocycles. The van der Waals surface area contributed by atoms with Gasteiger partial charge in [0.05, 0.1) is 0 Å². The van der Waals surface area contributed by atoms with Crippen molar-refractivity contribution < 1.29 is 10.1 Å². The van der Waals surface area contributed by atoms with Crippen LogP contribution in [0.4, 0.5) is 23.8 Å². The summed E-state index contributed by atoms with van der Waals surface area (Å²) in [6.07, 6.45) is 0. The van der Waals surface area contributed by atoms with Crippen LogP contribution in [0, 0.1) is 20.2 Å². The molecule has 0 aliphatic rings. The van der Waals surface area contributed by atoms with E-state index in [1.165, 1.54) is 0 Å². The fraction of sp³-hybridized carbons (Fsp3) is 0. The molecule has 0 bridgehead atoms. The lowest BCUT2D eigenvalue weighted by Gasteiger charge is -1.95. The molecule has 2 N–H and O–H groups in total. The molecular weight excluding hydrogens is 388 g/mol. The van der Waals surface area contributed by atoms with Gasteiger partial charge in [-0.15, -0.1) is 61.2 Å². The number of nitrogens with one attached hydrogen (secondary N) is 2. The summed E-state index contributed by atoms with van der Waals surface area (Å²) in [5.74, 6) is -1.66. The summed E-state index contributed by atoms with van der Waals surface area (Å²) in [6.45, 7) is 0. The zero-order valence-electron chi connectivity index (χ0n) is 12.8. The topological polar surface area (TPSA) is 273 Å². The van der Waals surface area contributed by atoms with Crippen molar-refractivity contribution in [1.82, 2.24) is 60.0 Å². The predicted molar refractivity (Wildman–Crippen MR) is 78.2 cm³/mol. The number of azo groups is 1. The lowest BCUT2D eigenvalue weighted by atomic mass is 11.0. The van der Waals surface area contributed by atoms with Crippen LogP contribution in [0.3, 0.4) is 0 Å². The number of hydrogen-bond acceptors (Lipinski definition) is 16.